The molecule has 1 amide bonds. The molecule has 1 N–H and O–H groups in total. The lowest BCUT2D eigenvalue weighted by atomic mass is 10.1. The first-order valence-corrected chi connectivity index (χ1v) is 11.2. The van der Waals surface area contributed by atoms with Crippen molar-refractivity contribution in [2.75, 3.05) is 32.8 Å². The monoisotopic (exact) mass is 373 g/mol. The summed E-state index contributed by atoms with van der Waals surface area (Å²) in [7, 11) is 0. The standard InChI is InChI=1S/C16H36N.C6H13NO2/c1-5-9-13-17(14-10-6-2,15-11-7-3)16-12-8-4;1-4-9-6(8)7-5(2)3/h5-16H2,1-4H3;5H,4H2,1-3H3,(H,7,8)/q+1;. The number of unbranched alkanes of at least 4 members (excludes halogenated alkanes) is 4. The van der Waals surface area contributed by atoms with E-state index < -0.39 is 0 Å². The summed E-state index contributed by atoms with van der Waals surface area (Å²) < 4.78 is 6.02. The van der Waals surface area contributed by atoms with Crippen LogP contribution in [0.2, 0.25) is 0 Å². The van der Waals surface area contributed by atoms with Crippen LogP contribution in [0.4, 0.5) is 4.79 Å². The molecule has 0 fully saturated rings. The van der Waals surface area contributed by atoms with E-state index in [-0.39, 0.29) is 12.1 Å². The predicted octanol–water partition coefficient (Wildman–Crippen LogP) is 6.14. The number of carbonyl (C=O) groups excluding carboxylic acids is 1. The zero-order valence-electron chi connectivity index (χ0n) is 19.0. The fourth-order valence-corrected chi connectivity index (χ4v) is 3.05. The van der Waals surface area contributed by atoms with E-state index in [4.69, 9.17) is 0 Å². The van der Waals surface area contributed by atoms with Crippen molar-refractivity contribution in [2.24, 2.45) is 0 Å². The molecule has 4 heteroatoms. The van der Waals surface area contributed by atoms with E-state index in [2.05, 4.69) is 37.7 Å². The molecule has 0 bridgehead atoms. The highest BCUT2D eigenvalue weighted by Crippen LogP contribution is 2.16. The van der Waals surface area contributed by atoms with Crippen LogP contribution in [-0.4, -0.2) is 49.4 Å². The number of nitrogens with zero attached hydrogens (tertiary/aromatic N) is 1. The number of nitrogens with one attached hydrogen (secondary N) is 1. The lowest BCUT2D eigenvalue weighted by Gasteiger charge is -2.39. The van der Waals surface area contributed by atoms with Gasteiger partial charge >= 0.3 is 6.09 Å². The number of hydrogen-bond acceptors (Lipinski definition) is 2. The maximum Gasteiger partial charge on any atom is 0.407 e. The zero-order chi connectivity index (χ0) is 20.3. The molecule has 0 atom stereocenters. The van der Waals surface area contributed by atoms with Crippen LogP contribution in [0.3, 0.4) is 0 Å². The van der Waals surface area contributed by atoms with Gasteiger partial charge in [0.2, 0.25) is 0 Å². The van der Waals surface area contributed by atoms with Gasteiger partial charge in [0.25, 0.3) is 0 Å². The largest absolute Gasteiger partial charge is 0.450 e. The topological polar surface area (TPSA) is 38.3 Å². The number of ether oxygens (including phenoxy) is 1. The highest BCUT2D eigenvalue weighted by atomic mass is 16.5. The Morgan fingerprint density at radius 1 is 0.769 bits per heavy atom. The average Bonchev–Trinajstić information content (AvgIpc) is 2.60. The molecule has 0 saturated heterocycles. The van der Waals surface area contributed by atoms with Crippen molar-refractivity contribution in [3.63, 3.8) is 0 Å². The number of carbonyl (C=O) groups is 1. The Balaban J connectivity index is 0. The second kappa shape index (κ2) is 19.0. The Hall–Kier alpha value is -0.770. The first kappa shape index (κ1) is 27.4. The summed E-state index contributed by atoms with van der Waals surface area (Å²) in [5, 5.41) is 2.58. The molecule has 4 nitrogen and oxygen atoms in total. The molecule has 0 aliphatic heterocycles. The van der Waals surface area contributed by atoms with E-state index in [0.717, 1.165) is 0 Å². The third-order valence-electron chi connectivity index (χ3n) is 4.63. The van der Waals surface area contributed by atoms with E-state index in [0.29, 0.717) is 6.61 Å². The van der Waals surface area contributed by atoms with Gasteiger partial charge in [-0.25, -0.2) is 4.79 Å². The Morgan fingerprint density at radius 2 is 1.12 bits per heavy atom. The van der Waals surface area contributed by atoms with Crippen molar-refractivity contribution in [1.29, 1.82) is 0 Å². The molecule has 0 aromatic rings. The summed E-state index contributed by atoms with van der Waals surface area (Å²) in [5.41, 5.74) is 0. The van der Waals surface area contributed by atoms with Gasteiger partial charge in [-0.15, -0.1) is 0 Å². The van der Waals surface area contributed by atoms with Crippen LogP contribution in [0, 0.1) is 0 Å². The molecule has 0 aliphatic rings. The number of amides is 1. The first-order valence-electron chi connectivity index (χ1n) is 11.2. The Bertz CT molecular complexity index is 269. The number of alkyl carbamates (subject to hydrolysis) is 1. The molecule has 0 radical (unpaired) electrons. The molecule has 0 spiro atoms. The summed E-state index contributed by atoms with van der Waals surface area (Å²) in [6.45, 7) is 21.0. The highest BCUT2D eigenvalue weighted by Gasteiger charge is 2.24. The third kappa shape index (κ3) is 16.7. The summed E-state index contributed by atoms with van der Waals surface area (Å²) in [5.74, 6) is 0. The van der Waals surface area contributed by atoms with E-state index in [1.165, 1.54) is 82.0 Å². The van der Waals surface area contributed by atoms with Crippen molar-refractivity contribution >= 4 is 6.09 Å². The molecule has 0 rings (SSSR count). The lowest BCUT2D eigenvalue weighted by Crippen LogP contribution is -2.50. The molecule has 0 aromatic carbocycles. The van der Waals surface area contributed by atoms with E-state index in [1.54, 1.807) is 6.92 Å². The van der Waals surface area contributed by atoms with E-state index >= 15 is 0 Å². The second-order valence-corrected chi connectivity index (χ2v) is 7.67. The molecular formula is C22H49N2O2+. The molecule has 158 valence electrons. The van der Waals surface area contributed by atoms with Crippen molar-refractivity contribution in [3.8, 4) is 0 Å². The molecule has 0 unspecified atom stereocenters. The second-order valence-electron chi connectivity index (χ2n) is 7.67. The minimum atomic E-state index is -0.340. The maximum atomic E-state index is 10.5. The first-order chi connectivity index (χ1) is 12.4. The summed E-state index contributed by atoms with van der Waals surface area (Å²) in [6, 6.07) is 0.157. The van der Waals surface area contributed by atoms with Crippen molar-refractivity contribution < 1.29 is 14.0 Å². The number of hydrogen-bond donors (Lipinski definition) is 1. The van der Waals surface area contributed by atoms with E-state index in [1.807, 2.05) is 13.8 Å². The Kier molecular flexibility index (Phi) is 20.1. The molecule has 0 saturated carbocycles. The van der Waals surface area contributed by atoms with Crippen LogP contribution >= 0.6 is 0 Å². The van der Waals surface area contributed by atoms with Gasteiger partial charge in [-0.05, 0) is 46.5 Å². The van der Waals surface area contributed by atoms with Gasteiger partial charge in [0.1, 0.15) is 0 Å². The number of quaternary nitrogens is 1. The highest BCUT2D eigenvalue weighted by molar-refractivity contribution is 5.67. The molecular weight excluding hydrogens is 324 g/mol. The van der Waals surface area contributed by atoms with Gasteiger partial charge in [-0.3, -0.25) is 0 Å². The Labute approximate surface area is 164 Å². The normalized spacial score (nSPS) is 11.1. The van der Waals surface area contributed by atoms with Gasteiger partial charge < -0.3 is 14.5 Å². The fourth-order valence-electron chi connectivity index (χ4n) is 3.05. The third-order valence-corrected chi connectivity index (χ3v) is 4.63. The Morgan fingerprint density at radius 3 is 1.35 bits per heavy atom. The summed E-state index contributed by atoms with van der Waals surface area (Å²) in [6.07, 6.45) is 10.7. The van der Waals surface area contributed by atoms with Crippen LogP contribution in [0.1, 0.15) is 99.8 Å². The van der Waals surface area contributed by atoms with Gasteiger partial charge in [0.15, 0.2) is 0 Å². The van der Waals surface area contributed by atoms with Gasteiger partial charge in [-0.1, -0.05) is 53.4 Å². The van der Waals surface area contributed by atoms with Crippen LogP contribution in [-0.2, 0) is 4.74 Å². The molecule has 26 heavy (non-hydrogen) atoms. The number of rotatable bonds is 14. The molecule has 0 heterocycles. The minimum absolute atomic E-state index is 0.157. The minimum Gasteiger partial charge on any atom is -0.450 e. The van der Waals surface area contributed by atoms with Gasteiger partial charge in [-0.2, -0.15) is 0 Å². The zero-order valence-corrected chi connectivity index (χ0v) is 19.0. The molecule has 0 aliphatic carbocycles. The van der Waals surface area contributed by atoms with E-state index in [9.17, 15) is 4.79 Å². The van der Waals surface area contributed by atoms with Gasteiger partial charge in [0.05, 0.1) is 32.8 Å². The van der Waals surface area contributed by atoms with Crippen LogP contribution in [0.25, 0.3) is 0 Å². The molecule has 0 aromatic heterocycles. The fraction of sp³-hybridized carbons (Fsp3) is 0.955. The summed E-state index contributed by atoms with van der Waals surface area (Å²) in [4.78, 5) is 10.5. The predicted molar refractivity (Wildman–Crippen MR) is 115 cm³/mol. The van der Waals surface area contributed by atoms with Crippen LogP contribution in [0.5, 0.6) is 0 Å². The smallest absolute Gasteiger partial charge is 0.407 e. The summed E-state index contributed by atoms with van der Waals surface area (Å²) >= 11 is 0. The van der Waals surface area contributed by atoms with Crippen molar-refractivity contribution in [3.05, 3.63) is 0 Å². The quantitative estimate of drug-likeness (QED) is 0.371. The maximum absolute atomic E-state index is 10.5. The average molecular weight is 374 g/mol. The lowest BCUT2D eigenvalue weighted by molar-refractivity contribution is -0.929. The van der Waals surface area contributed by atoms with Crippen molar-refractivity contribution in [1.82, 2.24) is 5.32 Å². The van der Waals surface area contributed by atoms with Crippen LogP contribution < -0.4 is 5.32 Å². The SMILES string of the molecule is CCCC[N+](CCCC)(CCCC)CCCC.CCOC(=O)NC(C)C. The van der Waals surface area contributed by atoms with Crippen molar-refractivity contribution in [2.45, 2.75) is 106 Å². The van der Waals surface area contributed by atoms with Gasteiger partial charge in [0, 0.05) is 6.04 Å². The van der Waals surface area contributed by atoms with Crippen LogP contribution in [0.15, 0.2) is 0 Å².